The van der Waals surface area contributed by atoms with Gasteiger partial charge in [-0.3, -0.25) is 0 Å². The van der Waals surface area contributed by atoms with Crippen molar-refractivity contribution in [3.05, 3.63) is 64.2 Å². The van der Waals surface area contributed by atoms with Crippen molar-refractivity contribution >= 4 is 34.0 Å². The van der Waals surface area contributed by atoms with E-state index in [9.17, 15) is 0 Å². The summed E-state index contributed by atoms with van der Waals surface area (Å²) in [5, 5.41) is 5.20. The minimum atomic E-state index is 0.692. The summed E-state index contributed by atoms with van der Waals surface area (Å²) in [5.74, 6) is 0.819. The van der Waals surface area contributed by atoms with Gasteiger partial charge in [0.25, 0.3) is 0 Å². The lowest BCUT2D eigenvalue weighted by molar-refractivity contribution is 1.30. The van der Waals surface area contributed by atoms with Crippen LogP contribution in [-0.2, 0) is 0 Å². The van der Waals surface area contributed by atoms with Crippen molar-refractivity contribution in [2.75, 3.05) is 5.32 Å². The molecule has 2 aromatic carbocycles. The molecular formula is C18H17ClN2. The highest BCUT2D eigenvalue weighted by atomic mass is 35.5. The summed E-state index contributed by atoms with van der Waals surface area (Å²) in [6, 6.07) is 14.1. The molecule has 21 heavy (non-hydrogen) atoms. The number of hydrogen-bond acceptors (Lipinski definition) is 2. The molecule has 1 N–H and O–H groups in total. The molecule has 106 valence electrons. The van der Waals surface area contributed by atoms with Crippen molar-refractivity contribution in [3.63, 3.8) is 0 Å². The molecule has 3 aromatic rings. The van der Waals surface area contributed by atoms with Crippen LogP contribution in [0.3, 0.4) is 0 Å². The molecule has 0 fully saturated rings. The van der Waals surface area contributed by atoms with Crippen LogP contribution in [0.15, 0.2) is 42.5 Å². The van der Waals surface area contributed by atoms with Gasteiger partial charge >= 0.3 is 0 Å². The fourth-order valence-electron chi connectivity index (χ4n) is 2.61. The van der Waals surface area contributed by atoms with Gasteiger partial charge in [-0.1, -0.05) is 35.4 Å². The molecule has 1 heterocycles. The molecule has 1 aromatic heterocycles. The van der Waals surface area contributed by atoms with Crippen LogP contribution in [0.5, 0.6) is 0 Å². The first-order chi connectivity index (χ1) is 10.0. The monoisotopic (exact) mass is 296 g/mol. The van der Waals surface area contributed by atoms with Crippen LogP contribution in [-0.4, -0.2) is 4.98 Å². The topological polar surface area (TPSA) is 24.9 Å². The molecule has 0 saturated heterocycles. The minimum Gasteiger partial charge on any atom is -0.339 e. The van der Waals surface area contributed by atoms with E-state index in [0.29, 0.717) is 5.02 Å². The number of nitrogens with zero attached hydrogens (tertiary/aromatic N) is 1. The molecule has 0 unspecified atom stereocenters. The smallest absolute Gasteiger partial charge is 0.131 e. The van der Waals surface area contributed by atoms with Crippen LogP contribution in [0, 0.1) is 20.8 Å². The van der Waals surface area contributed by atoms with Crippen molar-refractivity contribution in [1.82, 2.24) is 4.98 Å². The number of rotatable bonds is 2. The molecular weight excluding hydrogens is 280 g/mol. The number of para-hydroxylation sites is 1. The van der Waals surface area contributed by atoms with E-state index in [1.54, 1.807) is 0 Å². The quantitative estimate of drug-likeness (QED) is 0.670. The van der Waals surface area contributed by atoms with E-state index in [1.807, 2.05) is 24.3 Å². The Morgan fingerprint density at radius 3 is 2.48 bits per heavy atom. The van der Waals surface area contributed by atoms with Crippen LogP contribution in [0.4, 0.5) is 11.5 Å². The van der Waals surface area contributed by atoms with Crippen molar-refractivity contribution < 1.29 is 0 Å². The first-order valence-corrected chi connectivity index (χ1v) is 7.32. The van der Waals surface area contributed by atoms with E-state index >= 15 is 0 Å². The Bertz CT molecular complexity index is 825. The van der Waals surface area contributed by atoms with Gasteiger partial charge in [0.05, 0.1) is 16.2 Å². The van der Waals surface area contributed by atoms with Gasteiger partial charge in [-0.2, -0.15) is 0 Å². The predicted molar refractivity (Wildman–Crippen MR) is 90.7 cm³/mol. The summed E-state index contributed by atoms with van der Waals surface area (Å²) in [4.78, 5) is 4.74. The summed E-state index contributed by atoms with van der Waals surface area (Å²) in [5.41, 5.74) is 5.57. The van der Waals surface area contributed by atoms with Gasteiger partial charge in [-0.15, -0.1) is 0 Å². The Labute approximate surface area is 129 Å². The van der Waals surface area contributed by atoms with E-state index in [4.69, 9.17) is 16.6 Å². The van der Waals surface area contributed by atoms with Crippen LogP contribution < -0.4 is 5.32 Å². The largest absolute Gasteiger partial charge is 0.339 e. The van der Waals surface area contributed by atoms with Crippen molar-refractivity contribution in [2.24, 2.45) is 0 Å². The molecule has 0 saturated carbocycles. The number of pyridine rings is 1. The molecule has 0 atom stereocenters. The maximum absolute atomic E-state index is 6.19. The number of benzene rings is 2. The number of aromatic nitrogens is 1. The molecule has 2 nitrogen and oxygen atoms in total. The molecule has 0 radical (unpaired) electrons. The molecule has 0 aliphatic rings. The number of halogens is 1. The Morgan fingerprint density at radius 2 is 1.71 bits per heavy atom. The molecule has 0 amide bonds. The third-order valence-corrected chi connectivity index (χ3v) is 3.92. The standard InChI is InChI=1S/C18H17ClN2/c1-11-8-13(3)18-14(9-11)12(2)10-17(21-18)20-16-7-5-4-6-15(16)19/h4-10H,1-3H3,(H,20,21). The second-order valence-corrected chi connectivity index (χ2v) is 5.81. The van der Waals surface area contributed by atoms with Crippen LogP contribution in [0.25, 0.3) is 10.9 Å². The van der Waals surface area contributed by atoms with E-state index in [1.165, 1.54) is 22.1 Å². The highest BCUT2D eigenvalue weighted by Crippen LogP contribution is 2.28. The molecule has 0 aliphatic carbocycles. The van der Waals surface area contributed by atoms with Gasteiger partial charge in [-0.05, 0) is 56.2 Å². The van der Waals surface area contributed by atoms with Gasteiger partial charge in [0.1, 0.15) is 5.82 Å². The van der Waals surface area contributed by atoms with Crippen molar-refractivity contribution in [1.29, 1.82) is 0 Å². The van der Waals surface area contributed by atoms with Gasteiger partial charge in [0, 0.05) is 5.39 Å². The van der Waals surface area contributed by atoms with Crippen LogP contribution in [0.2, 0.25) is 5.02 Å². The molecule has 3 rings (SSSR count). The fourth-order valence-corrected chi connectivity index (χ4v) is 2.79. The van der Waals surface area contributed by atoms with E-state index in [2.05, 4.69) is 44.3 Å². The highest BCUT2D eigenvalue weighted by molar-refractivity contribution is 6.33. The summed E-state index contributed by atoms with van der Waals surface area (Å²) in [6.07, 6.45) is 0. The van der Waals surface area contributed by atoms with Gasteiger partial charge in [0.15, 0.2) is 0 Å². The zero-order chi connectivity index (χ0) is 15.0. The summed E-state index contributed by atoms with van der Waals surface area (Å²) < 4.78 is 0. The zero-order valence-electron chi connectivity index (χ0n) is 12.4. The zero-order valence-corrected chi connectivity index (χ0v) is 13.1. The SMILES string of the molecule is Cc1cc(C)c2nc(Nc3ccccc3Cl)cc(C)c2c1. The highest BCUT2D eigenvalue weighted by Gasteiger charge is 2.07. The summed E-state index contributed by atoms with van der Waals surface area (Å²) >= 11 is 6.19. The van der Waals surface area contributed by atoms with E-state index < -0.39 is 0 Å². The van der Waals surface area contributed by atoms with Crippen LogP contribution >= 0.6 is 11.6 Å². The lowest BCUT2D eigenvalue weighted by atomic mass is 10.0. The van der Waals surface area contributed by atoms with Gasteiger partial charge < -0.3 is 5.32 Å². The van der Waals surface area contributed by atoms with Crippen molar-refractivity contribution in [2.45, 2.75) is 20.8 Å². The number of anilines is 2. The number of hydrogen-bond donors (Lipinski definition) is 1. The molecule has 0 aliphatic heterocycles. The Hall–Kier alpha value is -2.06. The number of fused-ring (bicyclic) bond motifs is 1. The maximum Gasteiger partial charge on any atom is 0.131 e. The Kier molecular flexibility index (Phi) is 3.56. The summed E-state index contributed by atoms with van der Waals surface area (Å²) in [7, 11) is 0. The maximum atomic E-state index is 6.19. The first kappa shape index (κ1) is 13.9. The minimum absolute atomic E-state index is 0.692. The Morgan fingerprint density at radius 1 is 0.952 bits per heavy atom. The van der Waals surface area contributed by atoms with Crippen LogP contribution in [0.1, 0.15) is 16.7 Å². The van der Waals surface area contributed by atoms with Gasteiger partial charge in [0.2, 0.25) is 0 Å². The Balaban J connectivity index is 2.11. The summed E-state index contributed by atoms with van der Waals surface area (Å²) in [6.45, 7) is 6.32. The number of aryl methyl sites for hydroxylation is 3. The predicted octanol–water partition coefficient (Wildman–Crippen LogP) is 5.56. The average Bonchev–Trinajstić information content (AvgIpc) is 2.43. The lowest BCUT2D eigenvalue weighted by Gasteiger charge is -2.12. The van der Waals surface area contributed by atoms with Gasteiger partial charge in [-0.25, -0.2) is 4.98 Å². The second-order valence-electron chi connectivity index (χ2n) is 5.41. The molecule has 3 heteroatoms. The average molecular weight is 297 g/mol. The van der Waals surface area contributed by atoms with E-state index in [-0.39, 0.29) is 0 Å². The van der Waals surface area contributed by atoms with Crippen molar-refractivity contribution in [3.8, 4) is 0 Å². The first-order valence-electron chi connectivity index (χ1n) is 6.95. The third-order valence-electron chi connectivity index (χ3n) is 3.59. The second kappa shape index (κ2) is 5.38. The van der Waals surface area contributed by atoms with E-state index in [0.717, 1.165) is 17.0 Å². The normalized spacial score (nSPS) is 10.9. The number of nitrogens with one attached hydrogen (secondary N) is 1. The molecule has 0 spiro atoms. The third kappa shape index (κ3) is 2.72. The lowest BCUT2D eigenvalue weighted by Crippen LogP contribution is -1.97. The fraction of sp³-hybridized carbons (Fsp3) is 0.167. The molecule has 0 bridgehead atoms.